The first-order valence-corrected chi connectivity index (χ1v) is 5.54. The quantitative estimate of drug-likeness (QED) is 0.898. The smallest absolute Gasteiger partial charge is 0.166 e. The molecule has 1 atom stereocenters. The Hall–Kier alpha value is -1.94. The molecule has 18 heavy (non-hydrogen) atoms. The summed E-state index contributed by atoms with van der Waals surface area (Å²) in [5, 5.41) is 0. The highest BCUT2D eigenvalue weighted by Crippen LogP contribution is 2.26. The van der Waals surface area contributed by atoms with Gasteiger partial charge in [0.25, 0.3) is 0 Å². The van der Waals surface area contributed by atoms with Crippen LogP contribution in [0.15, 0.2) is 42.5 Å². The number of benzene rings is 2. The summed E-state index contributed by atoms with van der Waals surface area (Å²) in [5.74, 6) is -0.651. The van der Waals surface area contributed by atoms with Crippen molar-refractivity contribution in [2.75, 3.05) is 0 Å². The third-order valence-corrected chi connectivity index (χ3v) is 2.51. The molecule has 94 valence electrons. The molecule has 2 nitrogen and oxygen atoms in total. The lowest BCUT2D eigenvalue weighted by Gasteiger charge is -2.10. The third kappa shape index (κ3) is 2.84. The van der Waals surface area contributed by atoms with E-state index in [9.17, 15) is 8.78 Å². The van der Waals surface area contributed by atoms with E-state index >= 15 is 0 Å². The zero-order valence-electron chi connectivity index (χ0n) is 9.86. The minimum absolute atomic E-state index is 0.0463. The largest absolute Gasteiger partial charge is 0.454 e. The van der Waals surface area contributed by atoms with Crippen molar-refractivity contribution in [3.8, 4) is 11.5 Å². The Balaban J connectivity index is 2.24. The van der Waals surface area contributed by atoms with Crippen LogP contribution >= 0.6 is 0 Å². The second kappa shape index (κ2) is 5.14. The van der Waals surface area contributed by atoms with Crippen LogP contribution in [0.25, 0.3) is 0 Å². The minimum Gasteiger partial charge on any atom is -0.454 e. The molecule has 0 bridgehead atoms. The Morgan fingerprint density at radius 2 is 1.89 bits per heavy atom. The van der Waals surface area contributed by atoms with Gasteiger partial charge in [-0.05, 0) is 36.8 Å². The van der Waals surface area contributed by atoms with E-state index in [0.29, 0.717) is 5.56 Å². The molecule has 0 saturated carbocycles. The highest BCUT2D eigenvalue weighted by atomic mass is 19.1. The molecule has 2 aromatic carbocycles. The van der Waals surface area contributed by atoms with Gasteiger partial charge in [-0.15, -0.1) is 0 Å². The number of halogens is 2. The van der Waals surface area contributed by atoms with Crippen LogP contribution in [0.3, 0.4) is 0 Å². The van der Waals surface area contributed by atoms with Crippen molar-refractivity contribution in [3.05, 3.63) is 59.7 Å². The Bertz CT molecular complexity index is 555. The van der Waals surface area contributed by atoms with Gasteiger partial charge in [0.15, 0.2) is 11.6 Å². The van der Waals surface area contributed by atoms with E-state index in [4.69, 9.17) is 10.5 Å². The lowest BCUT2D eigenvalue weighted by Crippen LogP contribution is -2.05. The highest BCUT2D eigenvalue weighted by Gasteiger charge is 2.08. The van der Waals surface area contributed by atoms with Crippen LogP contribution in [0.5, 0.6) is 11.5 Å². The normalized spacial score (nSPS) is 12.2. The molecular weight excluding hydrogens is 236 g/mol. The number of hydrogen-bond acceptors (Lipinski definition) is 2. The van der Waals surface area contributed by atoms with E-state index in [0.717, 1.165) is 0 Å². The molecule has 2 aromatic rings. The molecule has 0 aromatic heterocycles. The predicted octanol–water partition coefficient (Wildman–Crippen LogP) is 3.78. The number of hydrogen-bond donors (Lipinski definition) is 1. The lowest BCUT2D eigenvalue weighted by atomic mass is 10.1. The number of nitrogens with two attached hydrogens (primary N) is 1. The van der Waals surface area contributed by atoms with E-state index in [1.54, 1.807) is 19.1 Å². The molecule has 0 unspecified atom stereocenters. The number of rotatable bonds is 3. The van der Waals surface area contributed by atoms with Gasteiger partial charge < -0.3 is 10.5 Å². The molecule has 0 aliphatic rings. The molecule has 0 aliphatic carbocycles. The van der Waals surface area contributed by atoms with Crippen LogP contribution in [-0.4, -0.2) is 0 Å². The fraction of sp³-hybridized carbons (Fsp3) is 0.143. The topological polar surface area (TPSA) is 35.2 Å². The first-order valence-electron chi connectivity index (χ1n) is 5.54. The van der Waals surface area contributed by atoms with Crippen LogP contribution in [0.1, 0.15) is 18.5 Å². The molecule has 0 spiro atoms. The highest BCUT2D eigenvalue weighted by molar-refractivity contribution is 5.35. The van der Waals surface area contributed by atoms with Crippen molar-refractivity contribution < 1.29 is 13.5 Å². The second-order valence-corrected chi connectivity index (χ2v) is 4.04. The van der Waals surface area contributed by atoms with Crippen LogP contribution in [0.4, 0.5) is 8.78 Å². The van der Waals surface area contributed by atoms with E-state index in [-0.39, 0.29) is 17.5 Å². The van der Waals surface area contributed by atoms with Crippen molar-refractivity contribution >= 4 is 0 Å². The monoisotopic (exact) mass is 249 g/mol. The molecule has 4 heteroatoms. The van der Waals surface area contributed by atoms with E-state index in [2.05, 4.69) is 0 Å². The van der Waals surface area contributed by atoms with Crippen molar-refractivity contribution in [1.82, 2.24) is 0 Å². The summed E-state index contributed by atoms with van der Waals surface area (Å²) in [6.07, 6.45) is 0. The van der Waals surface area contributed by atoms with E-state index in [1.165, 1.54) is 30.3 Å². The first-order chi connectivity index (χ1) is 8.56. The minimum atomic E-state index is -0.519. The molecule has 0 radical (unpaired) electrons. The average Bonchev–Trinajstić information content (AvgIpc) is 2.31. The average molecular weight is 249 g/mol. The van der Waals surface area contributed by atoms with Gasteiger partial charge in [0.05, 0.1) is 0 Å². The van der Waals surface area contributed by atoms with Gasteiger partial charge in [-0.3, -0.25) is 0 Å². The van der Waals surface area contributed by atoms with Gasteiger partial charge in [0.2, 0.25) is 0 Å². The summed E-state index contributed by atoms with van der Waals surface area (Å²) in [5.41, 5.74) is 6.33. The van der Waals surface area contributed by atoms with Crippen LogP contribution in [-0.2, 0) is 0 Å². The van der Waals surface area contributed by atoms with Crippen molar-refractivity contribution in [2.24, 2.45) is 5.73 Å². The summed E-state index contributed by atoms with van der Waals surface area (Å²) in [7, 11) is 0. The van der Waals surface area contributed by atoms with Gasteiger partial charge >= 0.3 is 0 Å². The van der Waals surface area contributed by atoms with Crippen molar-refractivity contribution in [1.29, 1.82) is 0 Å². The molecule has 0 amide bonds. The van der Waals surface area contributed by atoms with Crippen molar-refractivity contribution in [2.45, 2.75) is 13.0 Å². The Kier molecular flexibility index (Phi) is 3.58. The standard InChI is InChI=1S/C14H13F2NO/c1-9(17)10-5-6-14(13(16)7-10)18-12-4-2-3-11(15)8-12/h2-9H,17H2,1H3/t9-/m1/s1. The molecule has 2 rings (SSSR count). The SMILES string of the molecule is C[C@@H](N)c1ccc(Oc2cccc(F)c2)c(F)c1. The molecule has 0 heterocycles. The first kappa shape index (κ1) is 12.5. The molecule has 0 aliphatic heterocycles. The Morgan fingerprint density at radius 1 is 1.11 bits per heavy atom. The predicted molar refractivity (Wildman–Crippen MR) is 65.5 cm³/mol. The van der Waals surface area contributed by atoms with Gasteiger partial charge in [0.1, 0.15) is 11.6 Å². The van der Waals surface area contributed by atoms with Gasteiger partial charge in [-0.2, -0.15) is 0 Å². The molecular formula is C14H13F2NO. The second-order valence-electron chi connectivity index (χ2n) is 4.04. The van der Waals surface area contributed by atoms with E-state index < -0.39 is 11.6 Å². The Morgan fingerprint density at radius 3 is 2.50 bits per heavy atom. The summed E-state index contributed by atoms with van der Waals surface area (Å²) in [6, 6.07) is 9.78. The maximum atomic E-state index is 13.7. The van der Waals surface area contributed by atoms with Gasteiger partial charge in [-0.25, -0.2) is 8.78 Å². The van der Waals surface area contributed by atoms with Crippen molar-refractivity contribution in [3.63, 3.8) is 0 Å². The van der Waals surface area contributed by atoms with Gasteiger partial charge in [0, 0.05) is 12.1 Å². The molecule has 0 fully saturated rings. The maximum Gasteiger partial charge on any atom is 0.166 e. The van der Waals surface area contributed by atoms with E-state index in [1.807, 2.05) is 0 Å². The third-order valence-electron chi connectivity index (χ3n) is 2.51. The fourth-order valence-corrected chi connectivity index (χ4v) is 1.54. The zero-order chi connectivity index (χ0) is 13.1. The summed E-state index contributed by atoms with van der Waals surface area (Å²) in [4.78, 5) is 0. The zero-order valence-corrected chi connectivity index (χ0v) is 9.86. The van der Waals surface area contributed by atoms with Crippen LogP contribution in [0, 0.1) is 11.6 Å². The fourth-order valence-electron chi connectivity index (χ4n) is 1.54. The molecule has 2 N–H and O–H groups in total. The maximum absolute atomic E-state index is 13.7. The van der Waals surface area contributed by atoms with Gasteiger partial charge in [-0.1, -0.05) is 12.1 Å². The lowest BCUT2D eigenvalue weighted by molar-refractivity contribution is 0.438. The summed E-state index contributed by atoms with van der Waals surface area (Å²) < 4.78 is 31.9. The van der Waals surface area contributed by atoms with Crippen LogP contribution < -0.4 is 10.5 Å². The summed E-state index contributed by atoms with van der Waals surface area (Å²) >= 11 is 0. The number of ether oxygens (including phenoxy) is 1. The summed E-state index contributed by atoms with van der Waals surface area (Å²) in [6.45, 7) is 1.77. The Labute approximate surface area is 104 Å². The van der Waals surface area contributed by atoms with Crippen LogP contribution in [0.2, 0.25) is 0 Å². The molecule has 0 saturated heterocycles.